The van der Waals surface area contributed by atoms with E-state index in [0.717, 1.165) is 11.4 Å². The highest BCUT2D eigenvalue weighted by Crippen LogP contribution is 2.38. The van der Waals surface area contributed by atoms with Crippen LogP contribution in [0, 0.1) is 0 Å². The molecule has 19 heavy (non-hydrogen) atoms. The Morgan fingerprint density at radius 1 is 1.26 bits per heavy atom. The predicted molar refractivity (Wildman–Crippen MR) is 69.4 cm³/mol. The minimum Gasteiger partial charge on any atom is -0.346 e. The third-order valence-electron chi connectivity index (χ3n) is 3.11. The molecule has 5 nitrogen and oxygen atoms in total. The summed E-state index contributed by atoms with van der Waals surface area (Å²) < 4.78 is 0. The summed E-state index contributed by atoms with van der Waals surface area (Å²) in [6, 6.07) is 5.35. The van der Waals surface area contributed by atoms with Gasteiger partial charge in [0.15, 0.2) is 0 Å². The quantitative estimate of drug-likeness (QED) is 0.901. The number of pyridine rings is 1. The van der Waals surface area contributed by atoms with Crippen molar-refractivity contribution in [1.29, 1.82) is 0 Å². The first kappa shape index (κ1) is 11.8. The number of amides is 1. The van der Waals surface area contributed by atoms with Gasteiger partial charge in [-0.15, -0.1) is 0 Å². The third-order valence-corrected chi connectivity index (χ3v) is 3.11. The SMILES string of the molecule is O=C(NCc1cc(C2CC2)ncn1)c1ccncc1. The smallest absolute Gasteiger partial charge is 0.251 e. The Morgan fingerprint density at radius 3 is 2.79 bits per heavy atom. The number of hydrogen-bond donors (Lipinski definition) is 1. The highest BCUT2D eigenvalue weighted by atomic mass is 16.1. The van der Waals surface area contributed by atoms with Crippen molar-refractivity contribution in [2.24, 2.45) is 0 Å². The number of nitrogens with zero attached hydrogens (tertiary/aromatic N) is 3. The van der Waals surface area contributed by atoms with E-state index in [4.69, 9.17) is 0 Å². The molecule has 5 heteroatoms. The second-order valence-corrected chi connectivity index (χ2v) is 4.63. The second-order valence-electron chi connectivity index (χ2n) is 4.63. The zero-order chi connectivity index (χ0) is 13.1. The molecule has 1 aliphatic rings. The van der Waals surface area contributed by atoms with Crippen molar-refractivity contribution in [2.75, 3.05) is 0 Å². The molecular formula is C14H14N4O. The summed E-state index contributed by atoms with van der Waals surface area (Å²) in [5.74, 6) is 0.478. The Morgan fingerprint density at radius 2 is 2.05 bits per heavy atom. The van der Waals surface area contributed by atoms with Gasteiger partial charge >= 0.3 is 0 Å². The first-order chi connectivity index (χ1) is 9.33. The van der Waals surface area contributed by atoms with Crippen molar-refractivity contribution < 1.29 is 4.79 Å². The molecule has 96 valence electrons. The van der Waals surface area contributed by atoms with Gasteiger partial charge in [-0.25, -0.2) is 9.97 Å². The lowest BCUT2D eigenvalue weighted by molar-refractivity contribution is 0.0950. The van der Waals surface area contributed by atoms with E-state index in [1.165, 1.54) is 12.8 Å². The highest BCUT2D eigenvalue weighted by Gasteiger charge is 2.25. The number of carbonyl (C=O) groups is 1. The molecule has 0 unspecified atom stereocenters. The molecule has 1 saturated carbocycles. The van der Waals surface area contributed by atoms with E-state index in [-0.39, 0.29) is 5.91 Å². The van der Waals surface area contributed by atoms with E-state index in [2.05, 4.69) is 20.3 Å². The Bertz CT molecular complexity index is 581. The molecule has 0 aliphatic heterocycles. The van der Waals surface area contributed by atoms with Gasteiger partial charge in [-0.2, -0.15) is 0 Å². The number of hydrogen-bond acceptors (Lipinski definition) is 4. The number of aromatic nitrogens is 3. The average molecular weight is 254 g/mol. The minimum atomic E-state index is -0.117. The summed E-state index contributed by atoms with van der Waals surface area (Å²) in [6.07, 6.45) is 7.19. The summed E-state index contributed by atoms with van der Waals surface area (Å²) >= 11 is 0. The van der Waals surface area contributed by atoms with Crippen LogP contribution in [0.25, 0.3) is 0 Å². The molecule has 0 aromatic carbocycles. The van der Waals surface area contributed by atoms with Crippen LogP contribution in [0.4, 0.5) is 0 Å². The van der Waals surface area contributed by atoms with Gasteiger partial charge in [0.25, 0.3) is 5.91 Å². The predicted octanol–water partition coefficient (Wildman–Crippen LogP) is 1.68. The van der Waals surface area contributed by atoms with Gasteiger partial charge in [-0.1, -0.05) is 0 Å². The summed E-state index contributed by atoms with van der Waals surface area (Å²) in [6.45, 7) is 0.420. The van der Waals surface area contributed by atoms with Gasteiger partial charge in [0.2, 0.25) is 0 Å². The van der Waals surface area contributed by atoms with Crippen LogP contribution < -0.4 is 5.32 Å². The molecule has 3 rings (SSSR count). The molecule has 2 aromatic rings. The van der Waals surface area contributed by atoms with Crippen molar-refractivity contribution in [2.45, 2.75) is 25.3 Å². The Hall–Kier alpha value is -2.30. The van der Waals surface area contributed by atoms with Crippen LogP contribution in [-0.4, -0.2) is 20.9 Å². The fourth-order valence-electron chi connectivity index (χ4n) is 1.89. The van der Waals surface area contributed by atoms with Gasteiger partial charge < -0.3 is 5.32 Å². The summed E-state index contributed by atoms with van der Waals surface area (Å²) in [4.78, 5) is 24.2. The Kier molecular flexibility index (Phi) is 3.18. The molecular weight excluding hydrogens is 240 g/mol. The zero-order valence-corrected chi connectivity index (χ0v) is 10.4. The molecule has 0 spiro atoms. The molecule has 1 fully saturated rings. The van der Waals surface area contributed by atoms with Crippen molar-refractivity contribution in [1.82, 2.24) is 20.3 Å². The molecule has 1 N–H and O–H groups in total. The van der Waals surface area contributed by atoms with Crippen LogP contribution in [0.2, 0.25) is 0 Å². The second kappa shape index (κ2) is 5.14. The first-order valence-corrected chi connectivity index (χ1v) is 6.32. The lowest BCUT2D eigenvalue weighted by Crippen LogP contribution is -2.23. The van der Waals surface area contributed by atoms with Gasteiger partial charge in [0.05, 0.1) is 12.2 Å². The fourth-order valence-corrected chi connectivity index (χ4v) is 1.89. The minimum absolute atomic E-state index is 0.117. The van der Waals surface area contributed by atoms with Gasteiger partial charge in [-0.05, 0) is 31.0 Å². The van der Waals surface area contributed by atoms with E-state index in [1.54, 1.807) is 30.9 Å². The highest BCUT2D eigenvalue weighted by molar-refractivity contribution is 5.93. The fraction of sp³-hybridized carbons (Fsp3) is 0.286. The van der Waals surface area contributed by atoms with Crippen molar-refractivity contribution in [3.8, 4) is 0 Å². The topological polar surface area (TPSA) is 67.8 Å². The van der Waals surface area contributed by atoms with E-state index in [0.29, 0.717) is 18.0 Å². The van der Waals surface area contributed by atoms with E-state index in [9.17, 15) is 4.79 Å². The maximum Gasteiger partial charge on any atom is 0.251 e. The van der Waals surface area contributed by atoms with Crippen molar-refractivity contribution in [3.63, 3.8) is 0 Å². The number of rotatable bonds is 4. The number of nitrogens with one attached hydrogen (secondary N) is 1. The van der Waals surface area contributed by atoms with Gasteiger partial charge in [-0.3, -0.25) is 9.78 Å². The standard InChI is InChI=1S/C14H14N4O/c19-14(11-3-5-15-6-4-11)16-8-12-7-13(10-1-2-10)18-9-17-12/h3-7,9-10H,1-2,8H2,(H,16,19). The molecule has 0 saturated heterocycles. The van der Waals surface area contributed by atoms with Gasteiger partial charge in [0.1, 0.15) is 6.33 Å². The maximum absolute atomic E-state index is 11.9. The van der Waals surface area contributed by atoms with Crippen molar-refractivity contribution >= 4 is 5.91 Å². The largest absolute Gasteiger partial charge is 0.346 e. The van der Waals surface area contributed by atoms with Gasteiger partial charge in [0, 0.05) is 29.6 Å². The monoisotopic (exact) mass is 254 g/mol. The van der Waals surface area contributed by atoms with Crippen LogP contribution in [0.1, 0.15) is 40.5 Å². The van der Waals surface area contributed by atoms with Crippen LogP contribution >= 0.6 is 0 Å². The van der Waals surface area contributed by atoms with Crippen LogP contribution in [0.5, 0.6) is 0 Å². The first-order valence-electron chi connectivity index (χ1n) is 6.32. The third kappa shape index (κ3) is 2.93. The van der Waals surface area contributed by atoms with Crippen molar-refractivity contribution in [3.05, 3.63) is 53.9 Å². The molecule has 2 aromatic heterocycles. The summed E-state index contributed by atoms with van der Waals surface area (Å²) in [5.41, 5.74) is 2.54. The normalized spacial score (nSPS) is 14.1. The maximum atomic E-state index is 11.9. The van der Waals surface area contributed by atoms with E-state index >= 15 is 0 Å². The molecule has 0 radical (unpaired) electrons. The number of carbonyl (C=O) groups excluding carboxylic acids is 1. The summed E-state index contributed by atoms with van der Waals surface area (Å²) in [7, 11) is 0. The average Bonchev–Trinajstić information content (AvgIpc) is 3.31. The van der Waals surface area contributed by atoms with E-state index in [1.807, 2.05) is 6.07 Å². The van der Waals surface area contributed by atoms with Crippen LogP contribution in [-0.2, 0) is 6.54 Å². The molecule has 0 atom stereocenters. The van der Waals surface area contributed by atoms with Crippen LogP contribution in [0.15, 0.2) is 36.9 Å². The Labute approximate surface area is 111 Å². The molecule has 2 heterocycles. The molecule has 1 amide bonds. The van der Waals surface area contributed by atoms with E-state index < -0.39 is 0 Å². The lowest BCUT2D eigenvalue weighted by atomic mass is 10.2. The van der Waals surface area contributed by atoms with Crippen LogP contribution in [0.3, 0.4) is 0 Å². The summed E-state index contributed by atoms with van der Waals surface area (Å²) in [5, 5.41) is 2.84. The molecule has 0 bridgehead atoms. The lowest BCUT2D eigenvalue weighted by Gasteiger charge is -2.05. The zero-order valence-electron chi connectivity index (χ0n) is 10.4. The Balaban J connectivity index is 1.63. The molecule has 1 aliphatic carbocycles.